The second-order valence-electron chi connectivity index (χ2n) is 3.13. The highest BCUT2D eigenvalue weighted by Gasteiger charge is 2.18. The molecule has 0 radical (unpaired) electrons. The van der Waals surface area contributed by atoms with Crippen molar-refractivity contribution >= 4 is 17.5 Å². The molecule has 2 N–H and O–H groups in total. The van der Waals surface area contributed by atoms with Gasteiger partial charge in [-0.1, -0.05) is 0 Å². The highest BCUT2D eigenvalue weighted by molar-refractivity contribution is 7.79. The van der Waals surface area contributed by atoms with Crippen LogP contribution in [-0.2, 0) is 15.9 Å². The van der Waals surface area contributed by atoms with Crippen molar-refractivity contribution in [3.05, 3.63) is 0 Å². The van der Waals surface area contributed by atoms with Crippen LogP contribution in [0, 0.1) is 0 Å². The Morgan fingerprint density at radius 2 is 2.15 bits per heavy atom. The predicted molar refractivity (Wildman–Crippen MR) is 49.4 cm³/mol. The van der Waals surface area contributed by atoms with E-state index in [1.165, 1.54) is 0 Å². The van der Waals surface area contributed by atoms with Crippen molar-refractivity contribution in [3.8, 4) is 0 Å². The van der Waals surface area contributed by atoms with E-state index < -0.39 is 11.1 Å². The van der Waals surface area contributed by atoms with Crippen molar-refractivity contribution < 1.29 is 13.6 Å². The Labute approximate surface area is 79.8 Å². The molecule has 1 amide bonds. The van der Waals surface area contributed by atoms with Crippen LogP contribution in [0.2, 0.25) is 0 Å². The van der Waals surface area contributed by atoms with E-state index in [1.54, 1.807) is 0 Å². The topological polar surface area (TPSA) is 69.6 Å². The van der Waals surface area contributed by atoms with Gasteiger partial charge in [-0.3, -0.25) is 9.69 Å². The number of hydrogen-bond acceptors (Lipinski definition) is 3. The maximum absolute atomic E-state index is 10.5. The summed E-state index contributed by atoms with van der Waals surface area (Å²) in [6.07, 6.45) is 2.43. The smallest absolute Gasteiger partial charge is 0.207 e. The highest BCUT2D eigenvalue weighted by atomic mass is 32.2. The Hall–Kier alpha value is -0.460. The lowest BCUT2D eigenvalue weighted by atomic mass is 10.1. The molecular weight excluding hydrogens is 192 g/mol. The van der Waals surface area contributed by atoms with E-state index in [4.69, 9.17) is 4.55 Å². The second-order valence-corrected chi connectivity index (χ2v) is 4.03. The number of nitrogens with zero attached hydrogens (tertiary/aromatic N) is 1. The van der Waals surface area contributed by atoms with Crippen LogP contribution < -0.4 is 5.32 Å². The molecule has 0 saturated carbocycles. The number of carbonyl (C=O) groups is 1. The van der Waals surface area contributed by atoms with Crippen LogP contribution in [0.5, 0.6) is 0 Å². The molecule has 1 fully saturated rings. The molecule has 0 aromatic carbocycles. The van der Waals surface area contributed by atoms with E-state index >= 15 is 0 Å². The van der Waals surface area contributed by atoms with Crippen LogP contribution >= 0.6 is 0 Å². The lowest BCUT2D eigenvalue weighted by Gasteiger charge is -2.30. The lowest BCUT2D eigenvalue weighted by Crippen LogP contribution is -2.42. The number of rotatable bonds is 4. The first-order chi connectivity index (χ1) is 6.22. The Balaban J connectivity index is 2.22. The monoisotopic (exact) mass is 206 g/mol. The van der Waals surface area contributed by atoms with E-state index in [1.807, 2.05) is 4.90 Å². The maximum atomic E-state index is 10.5. The third-order valence-electron chi connectivity index (χ3n) is 2.18. The molecule has 1 aliphatic heterocycles. The minimum atomic E-state index is -1.74. The molecular formula is C7H14N2O3S. The molecule has 13 heavy (non-hydrogen) atoms. The number of likely N-dealkylation sites (tertiary alicyclic amines) is 1. The van der Waals surface area contributed by atoms with Crippen molar-refractivity contribution in [3.63, 3.8) is 0 Å². The molecule has 0 aromatic heterocycles. The van der Waals surface area contributed by atoms with Crippen molar-refractivity contribution in [1.82, 2.24) is 10.2 Å². The minimum Gasteiger partial charge on any atom is -0.356 e. The number of piperidine rings is 1. The van der Waals surface area contributed by atoms with Gasteiger partial charge >= 0.3 is 0 Å². The van der Waals surface area contributed by atoms with Gasteiger partial charge < -0.3 is 9.87 Å². The Morgan fingerprint density at radius 1 is 1.54 bits per heavy atom. The van der Waals surface area contributed by atoms with Crippen molar-refractivity contribution in [2.75, 3.05) is 19.0 Å². The third kappa shape index (κ3) is 3.84. The maximum Gasteiger partial charge on any atom is 0.207 e. The third-order valence-corrected chi connectivity index (χ3v) is 2.77. The SMILES string of the molecule is O=CNC1CCN(CS(=O)O)CC1. The lowest BCUT2D eigenvalue weighted by molar-refractivity contribution is -0.110. The first-order valence-corrected chi connectivity index (χ1v) is 5.49. The van der Waals surface area contributed by atoms with E-state index in [-0.39, 0.29) is 11.9 Å². The fraction of sp³-hybridized carbons (Fsp3) is 0.857. The van der Waals surface area contributed by atoms with Gasteiger partial charge in [0.15, 0.2) is 11.1 Å². The zero-order chi connectivity index (χ0) is 9.68. The summed E-state index contributed by atoms with van der Waals surface area (Å²) in [6, 6.07) is 0.237. The van der Waals surface area contributed by atoms with Crippen LogP contribution in [0.25, 0.3) is 0 Å². The minimum absolute atomic E-state index is 0.216. The Morgan fingerprint density at radius 3 is 2.62 bits per heavy atom. The summed E-state index contributed by atoms with van der Waals surface area (Å²) in [5, 5.41) is 2.71. The molecule has 0 aromatic rings. The normalized spacial score (nSPS) is 22.5. The van der Waals surface area contributed by atoms with Gasteiger partial charge in [0, 0.05) is 19.1 Å². The quantitative estimate of drug-likeness (QED) is 0.475. The van der Waals surface area contributed by atoms with Crippen LogP contribution in [0.3, 0.4) is 0 Å². The predicted octanol–water partition coefficient (Wildman–Crippen LogP) is -0.624. The molecule has 76 valence electrons. The largest absolute Gasteiger partial charge is 0.356 e. The molecule has 1 unspecified atom stereocenters. The average molecular weight is 206 g/mol. The van der Waals surface area contributed by atoms with E-state index in [0.29, 0.717) is 6.41 Å². The molecule has 1 heterocycles. The van der Waals surface area contributed by atoms with Crippen molar-refractivity contribution in [2.45, 2.75) is 18.9 Å². The van der Waals surface area contributed by atoms with E-state index in [2.05, 4.69) is 5.32 Å². The summed E-state index contributed by atoms with van der Waals surface area (Å²) in [5.74, 6) is 0.216. The molecule has 1 atom stereocenters. The Kier molecular flexibility index (Phi) is 4.34. The molecule has 5 nitrogen and oxygen atoms in total. The van der Waals surface area contributed by atoms with Gasteiger partial charge in [-0.15, -0.1) is 0 Å². The Bertz CT molecular complexity index is 192. The number of hydrogen-bond donors (Lipinski definition) is 2. The van der Waals surface area contributed by atoms with Crippen LogP contribution in [-0.4, -0.2) is 45.1 Å². The summed E-state index contributed by atoms with van der Waals surface area (Å²) in [4.78, 5) is 12.0. The zero-order valence-corrected chi connectivity index (χ0v) is 8.13. The summed E-state index contributed by atoms with van der Waals surface area (Å²) >= 11 is -1.74. The molecule has 6 heteroatoms. The molecule has 0 spiro atoms. The van der Waals surface area contributed by atoms with Gasteiger partial charge in [-0.25, -0.2) is 4.21 Å². The van der Waals surface area contributed by atoms with Gasteiger partial charge in [-0.2, -0.15) is 0 Å². The zero-order valence-electron chi connectivity index (χ0n) is 7.31. The molecule has 1 aliphatic rings. The van der Waals surface area contributed by atoms with Crippen LogP contribution in [0.4, 0.5) is 0 Å². The summed E-state index contributed by atoms with van der Waals surface area (Å²) in [6.45, 7) is 1.55. The van der Waals surface area contributed by atoms with Gasteiger partial charge in [0.05, 0.1) is 0 Å². The summed E-state index contributed by atoms with van der Waals surface area (Å²) in [7, 11) is 0. The standard InChI is InChI=1S/C7H14N2O3S/c10-5-8-7-1-3-9(4-2-7)6-13(11)12/h5,7H,1-4,6H2,(H,8,10)(H,11,12). The van der Waals surface area contributed by atoms with Crippen LogP contribution in [0.1, 0.15) is 12.8 Å². The van der Waals surface area contributed by atoms with Gasteiger partial charge in [0.2, 0.25) is 6.41 Å². The fourth-order valence-electron chi connectivity index (χ4n) is 1.48. The van der Waals surface area contributed by atoms with Gasteiger partial charge in [0.1, 0.15) is 5.88 Å². The molecule has 1 saturated heterocycles. The first-order valence-electron chi connectivity index (χ1n) is 4.22. The van der Waals surface area contributed by atoms with Gasteiger partial charge in [0.25, 0.3) is 0 Å². The van der Waals surface area contributed by atoms with Crippen molar-refractivity contribution in [1.29, 1.82) is 0 Å². The second kappa shape index (κ2) is 5.31. The van der Waals surface area contributed by atoms with Gasteiger partial charge in [-0.05, 0) is 12.8 Å². The molecule has 0 aliphatic carbocycles. The van der Waals surface area contributed by atoms with Crippen molar-refractivity contribution in [2.24, 2.45) is 0 Å². The summed E-state index contributed by atoms with van der Waals surface area (Å²) < 4.78 is 19.1. The fourth-order valence-corrected chi connectivity index (χ4v) is 2.05. The molecule has 0 bridgehead atoms. The van der Waals surface area contributed by atoms with Crippen LogP contribution in [0.15, 0.2) is 0 Å². The van der Waals surface area contributed by atoms with E-state index in [0.717, 1.165) is 25.9 Å². The average Bonchev–Trinajstić information content (AvgIpc) is 2.08. The number of carbonyl (C=O) groups excluding carboxylic acids is 1. The van der Waals surface area contributed by atoms with E-state index in [9.17, 15) is 9.00 Å². The highest BCUT2D eigenvalue weighted by Crippen LogP contribution is 2.09. The number of amides is 1. The summed E-state index contributed by atoms with van der Waals surface area (Å²) in [5.41, 5.74) is 0. The molecule has 1 rings (SSSR count). The number of nitrogens with one attached hydrogen (secondary N) is 1. The first kappa shape index (κ1) is 10.6.